The van der Waals surface area contributed by atoms with E-state index >= 15 is 0 Å². The minimum absolute atomic E-state index is 0.00374. The summed E-state index contributed by atoms with van der Waals surface area (Å²) in [5, 5.41) is 5.22. The Morgan fingerprint density at radius 2 is 1.60 bits per heavy atom. The van der Waals surface area contributed by atoms with Crippen molar-refractivity contribution in [1.82, 2.24) is 5.32 Å². The predicted octanol–water partition coefficient (Wildman–Crippen LogP) is 3.13. The smallest absolute Gasteiger partial charge is 0.340 e. The molecule has 0 bridgehead atoms. The van der Waals surface area contributed by atoms with Crippen LogP contribution in [0.5, 0.6) is 0 Å². The number of anilines is 1. The monoisotopic (exact) mass is 348 g/mol. The number of ether oxygens (including phenoxy) is 1. The topological polar surface area (TPSA) is 84.5 Å². The van der Waals surface area contributed by atoms with Gasteiger partial charge in [-0.2, -0.15) is 0 Å². The number of hydrogen-bond donors (Lipinski definition) is 2. The van der Waals surface area contributed by atoms with E-state index in [1.807, 2.05) is 13.8 Å². The lowest BCUT2D eigenvalue weighted by molar-refractivity contribution is -0.137. The number of hydrogen-bond acceptors (Lipinski definition) is 4. The van der Waals surface area contributed by atoms with Gasteiger partial charge in [-0.1, -0.05) is 32.9 Å². The second kappa shape index (κ2) is 8.14. The van der Waals surface area contributed by atoms with Crippen LogP contribution in [0, 0.1) is 5.41 Å². The molecule has 0 spiro atoms. The Morgan fingerprint density at radius 1 is 1.00 bits per heavy atom. The fourth-order valence-electron chi connectivity index (χ4n) is 2.89. The molecule has 1 aromatic carbocycles. The van der Waals surface area contributed by atoms with E-state index in [4.69, 9.17) is 4.74 Å². The first-order valence-electron chi connectivity index (χ1n) is 8.35. The van der Waals surface area contributed by atoms with Crippen LogP contribution in [0.4, 0.5) is 5.69 Å². The van der Waals surface area contributed by atoms with Gasteiger partial charge in [0, 0.05) is 5.54 Å². The van der Waals surface area contributed by atoms with Crippen LogP contribution in [0.1, 0.15) is 58.3 Å². The maximum atomic E-state index is 12.2. The predicted molar refractivity (Wildman–Crippen MR) is 97.3 cm³/mol. The first-order chi connectivity index (χ1) is 11.4. The average Bonchev–Trinajstić information content (AvgIpc) is 2.44. The maximum absolute atomic E-state index is 12.2. The zero-order valence-electron chi connectivity index (χ0n) is 15.9. The van der Waals surface area contributed by atoms with Crippen molar-refractivity contribution in [3.05, 3.63) is 29.8 Å². The van der Waals surface area contributed by atoms with E-state index in [0.29, 0.717) is 6.42 Å². The molecule has 1 rings (SSSR count). The first-order valence-corrected chi connectivity index (χ1v) is 8.35. The molecule has 0 aliphatic carbocycles. The summed E-state index contributed by atoms with van der Waals surface area (Å²) >= 11 is 0. The van der Waals surface area contributed by atoms with Crippen molar-refractivity contribution in [3.63, 3.8) is 0 Å². The highest BCUT2D eigenvalue weighted by Gasteiger charge is 2.29. The summed E-state index contributed by atoms with van der Waals surface area (Å²) in [5.74, 6) is -2.11. The molecule has 2 amide bonds. The van der Waals surface area contributed by atoms with Crippen LogP contribution in [0.2, 0.25) is 0 Å². The standard InChI is InChI=1S/C19H28N2O4/c1-7-25-17(24)13-10-8-9-11-14(13)20-15(22)16(23)21-19(5,6)12-18(2,3)4/h8-11H,7,12H2,1-6H3,(H,20,22)(H,21,23). The molecule has 1 aromatic rings. The summed E-state index contributed by atoms with van der Waals surface area (Å²) in [6.45, 7) is 11.9. The molecule has 0 aromatic heterocycles. The van der Waals surface area contributed by atoms with Gasteiger partial charge in [0.15, 0.2) is 0 Å². The highest BCUT2D eigenvalue weighted by molar-refractivity contribution is 6.40. The lowest BCUT2D eigenvalue weighted by Crippen LogP contribution is -2.49. The normalized spacial score (nSPS) is 11.6. The van der Waals surface area contributed by atoms with Gasteiger partial charge in [-0.05, 0) is 44.7 Å². The number of rotatable bonds is 5. The van der Waals surface area contributed by atoms with Crippen LogP contribution in [0.25, 0.3) is 0 Å². The number of benzene rings is 1. The van der Waals surface area contributed by atoms with Gasteiger partial charge in [-0.25, -0.2) is 4.79 Å². The van der Waals surface area contributed by atoms with Gasteiger partial charge in [-0.15, -0.1) is 0 Å². The molecule has 0 atom stereocenters. The summed E-state index contributed by atoms with van der Waals surface area (Å²) in [6, 6.07) is 6.42. The van der Waals surface area contributed by atoms with Gasteiger partial charge in [0.05, 0.1) is 17.9 Å². The summed E-state index contributed by atoms with van der Waals surface area (Å²) in [7, 11) is 0. The average molecular weight is 348 g/mol. The van der Waals surface area contributed by atoms with Gasteiger partial charge in [0.1, 0.15) is 0 Å². The van der Waals surface area contributed by atoms with E-state index in [0.717, 1.165) is 0 Å². The van der Waals surface area contributed by atoms with Crippen LogP contribution >= 0.6 is 0 Å². The number of nitrogens with one attached hydrogen (secondary N) is 2. The van der Waals surface area contributed by atoms with E-state index in [1.54, 1.807) is 25.1 Å². The number of para-hydroxylation sites is 1. The van der Waals surface area contributed by atoms with Gasteiger partial charge < -0.3 is 15.4 Å². The summed E-state index contributed by atoms with van der Waals surface area (Å²) in [4.78, 5) is 36.4. The fraction of sp³-hybridized carbons (Fsp3) is 0.526. The van der Waals surface area contributed by atoms with Gasteiger partial charge in [0.2, 0.25) is 0 Å². The highest BCUT2D eigenvalue weighted by atomic mass is 16.5. The van der Waals surface area contributed by atoms with Crippen molar-refractivity contribution in [2.24, 2.45) is 5.41 Å². The zero-order valence-corrected chi connectivity index (χ0v) is 15.9. The van der Waals surface area contributed by atoms with Gasteiger partial charge in [0.25, 0.3) is 0 Å². The third-order valence-corrected chi connectivity index (χ3v) is 3.30. The van der Waals surface area contributed by atoms with Crippen LogP contribution in [0.15, 0.2) is 24.3 Å². The number of carbonyl (C=O) groups excluding carboxylic acids is 3. The Labute approximate surface area is 149 Å². The molecule has 6 heteroatoms. The van der Waals surface area contributed by atoms with E-state index in [9.17, 15) is 14.4 Å². The molecule has 0 radical (unpaired) electrons. The Balaban J connectivity index is 2.83. The van der Waals surface area contributed by atoms with Crippen LogP contribution < -0.4 is 10.6 Å². The van der Waals surface area contributed by atoms with Gasteiger partial charge in [-0.3, -0.25) is 9.59 Å². The third-order valence-electron chi connectivity index (χ3n) is 3.30. The van der Waals surface area contributed by atoms with Crippen LogP contribution in [-0.2, 0) is 14.3 Å². The summed E-state index contributed by atoms with van der Waals surface area (Å²) in [6.07, 6.45) is 0.707. The summed E-state index contributed by atoms with van der Waals surface area (Å²) < 4.78 is 4.96. The maximum Gasteiger partial charge on any atom is 0.340 e. The number of esters is 1. The minimum Gasteiger partial charge on any atom is -0.462 e. The molecular weight excluding hydrogens is 320 g/mol. The van der Waals surface area contributed by atoms with Crippen molar-refractivity contribution >= 4 is 23.5 Å². The van der Waals surface area contributed by atoms with Crippen LogP contribution in [0.3, 0.4) is 0 Å². The second-order valence-corrected chi connectivity index (χ2v) is 7.80. The molecule has 2 N–H and O–H groups in total. The van der Waals surface area contributed by atoms with E-state index in [2.05, 4.69) is 31.4 Å². The Hall–Kier alpha value is -2.37. The molecule has 0 aliphatic heterocycles. The van der Waals surface area contributed by atoms with Gasteiger partial charge >= 0.3 is 17.8 Å². The Bertz CT molecular complexity index is 645. The molecule has 0 aliphatic rings. The third kappa shape index (κ3) is 6.95. The highest BCUT2D eigenvalue weighted by Crippen LogP contribution is 2.26. The largest absolute Gasteiger partial charge is 0.462 e. The number of amides is 2. The lowest BCUT2D eigenvalue weighted by Gasteiger charge is -2.33. The quantitative estimate of drug-likeness (QED) is 0.632. The molecule has 138 valence electrons. The molecule has 0 saturated carbocycles. The molecule has 6 nitrogen and oxygen atoms in total. The van der Waals surface area contributed by atoms with E-state index in [-0.39, 0.29) is 23.3 Å². The van der Waals surface area contributed by atoms with Crippen molar-refractivity contribution in [2.75, 3.05) is 11.9 Å². The molecule has 0 heterocycles. The lowest BCUT2D eigenvalue weighted by atomic mass is 9.82. The number of carbonyl (C=O) groups is 3. The Morgan fingerprint density at radius 3 is 2.16 bits per heavy atom. The molecule has 25 heavy (non-hydrogen) atoms. The molecular formula is C19H28N2O4. The minimum atomic E-state index is -0.821. The molecule has 0 unspecified atom stereocenters. The van der Waals surface area contributed by atoms with Crippen molar-refractivity contribution in [2.45, 2.75) is 53.5 Å². The van der Waals surface area contributed by atoms with Crippen molar-refractivity contribution < 1.29 is 19.1 Å². The molecule has 0 saturated heterocycles. The second-order valence-electron chi connectivity index (χ2n) is 7.80. The van der Waals surface area contributed by atoms with E-state index < -0.39 is 23.3 Å². The molecule has 0 fully saturated rings. The van der Waals surface area contributed by atoms with E-state index in [1.165, 1.54) is 6.07 Å². The zero-order chi connectivity index (χ0) is 19.3. The first kappa shape index (κ1) is 20.7. The van der Waals surface area contributed by atoms with Crippen LogP contribution in [-0.4, -0.2) is 29.9 Å². The van der Waals surface area contributed by atoms with Crippen molar-refractivity contribution in [1.29, 1.82) is 0 Å². The summed E-state index contributed by atoms with van der Waals surface area (Å²) in [5.41, 5.74) is -0.0777. The van der Waals surface area contributed by atoms with Crippen molar-refractivity contribution in [3.8, 4) is 0 Å². The Kier molecular flexibility index (Phi) is 6.73. The SMILES string of the molecule is CCOC(=O)c1ccccc1NC(=O)C(=O)NC(C)(C)CC(C)(C)C. The fourth-order valence-corrected chi connectivity index (χ4v) is 2.89.